The molecule has 0 fully saturated rings. The van der Waals surface area contributed by atoms with Gasteiger partial charge in [-0.3, -0.25) is 0 Å². The Hall–Kier alpha value is -2.10. The van der Waals surface area contributed by atoms with Gasteiger partial charge in [-0.15, -0.1) is 0 Å². The molecule has 2 rings (SSSR count). The quantitative estimate of drug-likeness (QED) is 0.728. The SMILES string of the molecule is O=C(Oc1ccn[nH]1)c1ccccc1. The summed E-state index contributed by atoms with van der Waals surface area (Å²) in [5.74, 6) is -0.0475. The number of hydrogen-bond donors (Lipinski definition) is 1. The minimum absolute atomic E-state index is 0.346. The summed E-state index contributed by atoms with van der Waals surface area (Å²) in [5.41, 5.74) is 0.516. The van der Waals surface area contributed by atoms with Crippen molar-refractivity contribution in [3.63, 3.8) is 0 Å². The molecule has 0 aliphatic carbocycles. The zero-order valence-electron chi connectivity index (χ0n) is 7.31. The van der Waals surface area contributed by atoms with Crippen molar-refractivity contribution < 1.29 is 9.53 Å². The second kappa shape index (κ2) is 3.74. The van der Waals surface area contributed by atoms with Crippen LogP contribution in [0.2, 0.25) is 0 Å². The van der Waals surface area contributed by atoms with Gasteiger partial charge < -0.3 is 4.74 Å². The number of hydrogen-bond acceptors (Lipinski definition) is 3. The number of aromatic nitrogens is 2. The minimum Gasteiger partial charge on any atom is -0.404 e. The third-order valence-corrected chi connectivity index (χ3v) is 1.69. The molecule has 0 aliphatic rings. The van der Waals surface area contributed by atoms with Gasteiger partial charge in [-0.1, -0.05) is 18.2 Å². The zero-order valence-corrected chi connectivity index (χ0v) is 7.31. The number of H-pyrrole nitrogens is 1. The van der Waals surface area contributed by atoms with Crippen LogP contribution in [0.4, 0.5) is 0 Å². The number of benzene rings is 1. The summed E-state index contributed by atoms with van der Waals surface area (Å²) in [7, 11) is 0. The lowest BCUT2D eigenvalue weighted by Gasteiger charge is -1.99. The maximum Gasteiger partial charge on any atom is 0.344 e. The predicted molar refractivity (Wildman–Crippen MR) is 50.0 cm³/mol. The van der Waals surface area contributed by atoms with Crippen molar-refractivity contribution in [2.45, 2.75) is 0 Å². The van der Waals surface area contributed by atoms with Crippen LogP contribution in [0.5, 0.6) is 5.88 Å². The Morgan fingerprint density at radius 2 is 2.00 bits per heavy atom. The third-order valence-electron chi connectivity index (χ3n) is 1.69. The lowest BCUT2D eigenvalue weighted by molar-refractivity contribution is 0.0727. The molecule has 1 aromatic heterocycles. The van der Waals surface area contributed by atoms with Gasteiger partial charge in [0.1, 0.15) is 0 Å². The highest BCUT2D eigenvalue weighted by atomic mass is 16.5. The molecule has 0 bridgehead atoms. The summed E-state index contributed by atoms with van der Waals surface area (Å²) < 4.78 is 4.98. The van der Waals surface area contributed by atoms with Crippen LogP contribution in [0.15, 0.2) is 42.6 Å². The first-order valence-electron chi connectivity index (χ1n) is 4.13. The number of nitrogens with one attached hydrogen (secondary N) is 1. The Labute approximate surface area is 80.5 Å². The molecule has 2 aromatic rings. The second-order valence-electron chi connectivity index (χ2n) is 2.68. The average Bonchev–Trinajstić information content (AvgIpc) is 2.72. The summed E-state index contributed by atoms with van der Waals surface area (Å²) in [6, 6.07) is 10.4. The maximum absolute atomic E-state index is 11.4. The van der Waals surface area contributed by atoms with E-state index in [2.05, 4.69) is 10.2 Å². The van der Waals surface area contributed by atoms with Crippen molar-refractivity contribution in [3.05, 3.63) is 48.2 Å². The van der Waals surface area contributed by atoms with Crippen molar-refractivity contribution in [2.24, 2.45) is 0 Å². The van der Waals surface area contributed by atoms with Crippen LogP contribution in [-0.4, -0.2) is 16.2 Å². The smallest absolute Gasteiger partial charge is 0.344 e. The Balaban J connectivity index is 2.11. The molecule has 1 heterocycles. The first-order chi connectivity index (χ1) is 6.86. The number of carbonyl (C=O) groups excluding carboxylic acids is 1. The van der Waals surface area contributed by atoms with Gasteiger partial charge in [-0.05, 0) is 12.1 Å². The van der Waals surface area contributed by atoms with Gasteiger partial charge in [0.2, 0.25) is 5.88 Å². The summed E-state index contributed by atoms with van der Waals surface area (Å²) in [5, 5.41) is 6.21. The summed E-state index contributed by atoms with van der Waals surface area (Å²) >= 11 is 0. The zero-order chi connectivity index (χ0) is 9.80. The van der Waals surface area contributed by atoms with E-state index in [1.807, 2.05) is 6.07 Å². The van der Waals surface area contributed by atoms with Crippen LogP contribution < -0.4 is 4.74 Å². The Bertz CT molecular complexity index is 409. The first kappa shape index (κ1) is 8.50. The molecule has 0 spiro atoms. The third kappa shape index (κ3) is 1.80. The van der Waals surface area contributed by atoms with Gasteiger partial charge in [0, 0.05) is 6.07 Å². The molecule has 0 saturated heterocycles. The van der Waals surface area contributed by atoms with E-state index in [0.717, 1.165) is 0 Å². The Morgan fingerprint density at radius 1 is 1.21 bits per heavy atom. The van der Waals surface area contributed by atoms with Gasteiger partial charge in [-0.2, -0.15) is 5.10 Å². The van der Waals surface area contributed by atoms with Gasteiger partial charge >= 0.3 is 5.97 Å². The average molecular weight is 188 g/mol. The molecule has 4 nitrogen and oxygen atoms in total. The fourth-order valence-electron chi connectivity index (χ4n) is 1.03. The molecule has 0 atom stereocenters. The molecule has 4 heteroatoms. The minimum atomic E-state index is -0.394. The van der Waals surface area contributed by atoms with Crippen molar-refractivity contribution in [3.8, 4) is 5.88 Å². The number of aromatic amines is 1. The van der Waals surface area contributed by atoms with E-state index in [1.54, 1.807) is 30.3 Å². The number of ether oxygens (including phenoxy) is 1. The van der Waals surface area contributed by atoms with E-state index >= 15 is 0 Å². The molecule has 1 N–H and O–H groups in total. The van der Waals surface area contributed by atoms with Gasteiger partial charge in [0.05, 0.1) is 11.8 Å². The standard InChI is InChI=1S/C10H8N2O2/c13-10(8-4-2-1-3-5-8)14-9-6-7-11-12-9/h1-7H,(H,11,12). The van der Waals surface area contributed by atoms with Crippen LogP contribution in [-0.2, 0) is 0 Å². The Morgan fingerprint density at radius 3 is 2.64 bits per heavy atom. The van der Waals surface area contributed by atoms with E-state index in [4.69, 9.17) is 4.74 Å². The van der Waals surface area contributed by atoms with E-state index in [9.17, 15) is 4.79 Å². The normalized spacial score (nSPS) is 9.71. The largest absolute Gasteiger partial charge is 0.404 e. The molecule has 0 saturated carbocycles. The monoisotopic (exact) mass is 188 g/mol. The molecular weight excluding hydrogens is 180 g/mol. The van der Waals surface area contributed by atoms with Gasteiger partial charge in [-0.25, -0.2) is 9.89 Å². The topological polar surface area (TPSA) is 55.0 Å². The molecular formula is C10H8N2O2. The van der Waals surface area contributed by atoms with Gasteiger partial charge in [0.25, 0.3) is 0 Å². The molecule has 0 unspecified atom stereocenters. The van der Waals surface area contributed by atoms with Gasteiger partial charge in [0.15, 0.2) is 0 Å². The van der Waals surface area contributed by atoms with Crippen LogP contribution in [0.3, 0.4) is 0 Å². The first-order valence-corrected chi connectivity index (χ1v) is 4.13. The molecule has 14 heavy (non-hydrogen) atoms. The number of rotatable bonds is 2. The fourth-order valence-corrected chi connectivity index (χ4v) is 1.03. The molecule has 70 valence electrons. The maximum atomic E-state index is 11.4. The molecule has 1 aromatic carbocycles. The fraction of sp³-hybridized carbons (Fsp3) is 0. The highest BCUT2D eigenvalue weighted by molar-refractivity contribution is 5.90. The van der Waals surface area contributed by atoms with E-state index < -0.39 is 5.97 Å². The molecule has 0 aliphatic heterocycles. The van der Waals surface area contributed by atoms with E-state index in [-0.39, 0.29) is 0 Å². The van der Waals surface area contributed by atoms with Crippen molar-refractivity contribution in [2.75, 3.05) is 0 Å². The highest BCUT2D eigenvalue weighted by Gasteiger charge is 2.07. The second-order valence-corrected chi connectivity index (χ2v) is 2.68. The highest BCUT2D eigenvalue weighted by Crippen LogP contribution is 2.07. The van der Waals surface area contributed by atoms with Crippen molar-refractivity contribution in [1.82, 2.24) is 10.2 Å². The number of esters is 1. The van der Waals surface area contributed by atoms with Crippen LogP contribution in [0.1, 0.15) is 10.4 Å². The predicted octanol–water partition coefficient (Wildman–Crippen LogP) is 1.63. The van der Waals surface area contributed by atoms with Crippen molar-refractivity contribution >= 4 is 5.97 Å². The van der Waals surface area contributed by atoms with Crippen molar-refractivity contribution in [1.29, 1.82) is 0 Å². The summed E-state index contributed by atoms with van der Waals surface area (Å²) in [6.45, 7) is 0. The summed E-state index contributed by atoms with van der Waals surface area (Å²) in [6.07, 6.45) is 1.52. The van der Waals surface area contributed by atoms with E-state index in [1.165, 1.54) is 6.20 Å². The number of nitrogens with zero attached hydrogens (tertiary/aromatic N) is 1. The van der Waals surface area contributed by atoms with Crippen LogP contribution in [0, 0.1) is 0 Å². The van der Waals surface area contributed by atoms with Crippen LogP contribution in [0.25, 0.3) is 0 Å². The number of carbonyl (C=O) groups is 1. The summed E-state index contributed by atoms with van der Waals surface area (Å²) in [4.78, 5) is 11.4. The lowest BCUT2D eigenvalue weighted by atomic mass is 10.2. The molecule has 0 radical (unpaired) electrons. The van der Waals surface area contributed by atoms with E-state index in [0.29, 0.717) is 11.4 Å². The molecule has 0 amide bonds. The Kier molecular flexibility index (Phi) is 2.27. The van der Waals surface area contributed by atoms with Crippen LogP contribution >= 0.6 is 0 Å². The lowest BCUT2D eigenvalue weighted by Crippen LogP contribution is -2.08.